The molecule has 2 fully saturated rings. The van der Waals surface area contributed by atoms with Crippen LogP contribution in [0.3, 0.4) is 0 Å². The first-order valence-electron chi connectivity index (χ1n) is 9.74. The van der Waals surface area contributed by atoms with E-state index in [1.165, 1.54) is 23.1 Å². The Labute approximate surface area is 156 Å². The molecule has 0 aromatic heterocycles. The first-order valence-corrected chi connectivity index (χ1v) is 9.74. The second-order valence-electron chi connectivity index (χ2n) is 7.95. The predicted molar refractivity (Wildman–Crippen MR) is 103 cm³/mol. The number of hydrogen-bond acceptors (Lipinski definition) is 3. The van der Waals surface area contributed by atoms with Crippen molar-refractivity contribution in [3.63, 3.8) is 0 Å². The van der Waals surface area contributed by atoms with E-state index in [9.17, 15) is 9.59 Å². The normalized spacial score (nSPS) is 21.4. The molecule has 5 nitrogen and oxygen atoms in total. The molecule has 0 radical (unpaired) electrons. The quantitative estimate of drug-likeness (QED) is 0.877. The van der Waals surface area contributed by atoms with Gasteiger partial charge in [-0.25, -0.2) is 0 Å². The molecule has 2 saturated heterocycles. The topological polar surface area (TPSA) is 52.7 Å². The van der Waals surface area contributed by atoms with Gasteiger partial charge in [-0.15, -0.1) is 0 Å². The predicted octanol–water partition coefficient (Wildman–Crippen LogP) is 1.97. The van der Waals surface area contributed by atoms with Crippen LogP contribution in [-0.2, 0) is 16.0 Å². The molecular weight excluding hydrogens is 326 g/mol. The summed E-state index contributed by atoms with van der Waals surface area (Å²) < 4.78 is 0. The summed E-state index contributed by atoms with van der Waals surface area (Å²) in [6.45, 7) is 11.6. The van der Waals surface area contributed by atoms with Gasteiger partial charge in [0.05, 0.1) is 12.5 Å². The van der Waals surface area contributed by atoms with Gasteiger partial charge in [0.25, 0.3) is 0 Å². The minimum atomic E-state index is -0.0636. The fraction of sp³-hybridized carbons (Fsp3) is 0.619. The lowest BCUT2D eigenvalue weighted by Gasteiger charge is -2.35. The van der Waals surface area contributed by atoms with Crippen molar-refractivity contribution in [1.29, 1.82) is 0 Å². The van der Waals surface area contributed by atoms with Crippen molar-refractivity contribution in [3.8, 4) is 0 Å². The highest BCUT2D eigenvalue weighted by molar-refractivity contribution is 5.82. The van der Waals surface area contributed by atoms with Crippen molar-refractivity contribution in [1.82, 2.24) is 15.1 Å². The average Bonchev–Trinajstić information content (AvgIpc) is 2.97. The van der Waals surface area contributed by atoms with Gasteiger partial charge in [0.1, 0.15) is 0 Å². The number of nitrogens with one attached hydrogen (secondary N) is 1. The van der Waals surface area contributed by atoms with Gasteiger partial charge in [-0.2, -0.15) is 0 Å². The highest BCUT2D eigenvalue weighted by Crippen LogP contribution is 2.19. The van der Waals surface area contributed by atoms with Gasteiger partial charge in [0.2, 0.25) is 11.8 Å². The summed E-state index contributed by atoms with van der Waals surface area (Å²) in [5, 5.41) is 3.13. The van der Waals surface area contributed by atoms with Gasteiger partial charge in [-0.05, 0) is 57.2 Å². The minimum absolute atomic E-state index is 0.0636. The van der Waals surface area contributed by atoms with Gasteiger partial charge in [-0.3, -0.25) is 14.5 Å². The lowest BCUT2D eigenvalue weighted by Crippen LogP contribution is -2.53. The Bertz CT molecular complexity index is 673. The fourth-order valence-electron chi connectivity index (χ4n) is 4.07. The Balaban J connectivity index is 1.53. The van der Waals surface area contributed by atoms with E-state index in [1.807, 2.05) is 11.8 Å². The maximum atomic E-state index is 12.7. The molecule has 0 bridgehead atoms. The number of nitrogens with zero attached hydrogens (tertiary/aromatic N) is 2. The van der Waals surface area contributed by atoms with Crippen LogP contribution in [0.5, 0.6) is 0 Å². The van der Waals surface area contributed by atoms with E-state index < -0.39 is 0 Å². The molecule has 2 atom stereocenters. The van der Waals surface area contributed by atoms with Crippen LogP contribution >= 0.6 is 0 Å². The van der Waals surface area contributed by atoms with Crippen LogP contribution in [0.15, 0.2) is 12.1 Å². The summed E-state index contributed by atoms with van der Waals surface area (Å²) in [5.41, 5.74) is 4.74. The van der Waals surface area contributed by atoms with E-state index in [0.717, 1.165) is 31.6 Å². The second kappa shape index (κ2) is 7.78. The summed E-state index contributed by atoms with van der Waals surface area (Å²) in [6.07, 6.45) is 2.47. The Morgan fingerprint density at radius 1 is 1.15 bits per heavy atom. The van der Waals surface area contributed by atoms with Crippen LogP contribution < -0.4 is 5.32 Å². The molecular formula is C21H31N3O2. The van der Waals surface area contributed by atoms with Crippen LogP contribution in [0.1, 0.15) is 42.0 Å². The molecule has 0 saturated carbocycles. The van der Waals surface area contributed by atoms with E-state index >= 15 is 0 Å². The summed E-state index contributed by atoms with van der Waals surface area (Å²) in [7, 11) is 0. The van der Waals surface area contributed by atoms with Crippen LogP contribution in [-0.4, -0.2) is 59.9 Å². The number of carbonyl (C=O) groups excluding carboxylic acids is 2. The van der Waals surface area contributed by atoms with E-state index in [2.05, 4.69) is 43.1 Å². The highest BCUT2D eigenvalue weighted by atomic mass is 16.2. The second-order valence-corrected chi connectivity index (χ2v) is 7.95. The van der Waals surface area contributed by atoms with Crippen LogP contribution in [0.2, 0.25) is 0 Å². The van der Waals surface area contributed by atoms with Crippen LogP contribution in [0.25, 0.3) is 0 Å². The zero-order valence-corrected chi connectivity index (χ0v) is 16.5. The summed E-state index contributed by atoms with van der Waals surface area (Å²) in [6, 6.07) is 4.29. The van der Waals surface area contributed by atoms with Gasteiger partial charge >= 0.3 is 0 Å². The largest absolute Gasteiger partial charge is 0.350 e. The number of likely N-dealkylation sites (tertiary alicyclic amines) is 2. The van der Waals surface area contributed by atoms with Crippen LogP contribution in [0, 0.1) is 20.8 Å². The molecule has 1 N–H and O–H groups in total. The van der Waals surface area contributed by atoms with Crippen molar-refractivity contribution in [2.75, 3.05) is 26.2 Å². The lowest BCUT2D eigenvalue weighted by atomic mass is 9.97. The number of benzene rings is 1. The number of aryl methyl sites for hydroxylation is 3. The SMILES string of the molecule is Cc1cc(C)c(CC(=O)N2CCC(NC(=O)C(C)N3CCC3)C2)c(C)c1. The van der Waals surface area contributed by atoms with Gasteiger partial charge in [-0.1, -0.05) is 17.7 Å². The van der Waals surface area contributed by atoms with Crippen LogP contribution in [0.4, 0.5) is 0 Å². The molecule has 2 heterocycles. The average molecular weight is 357 g/mol. The molecule has 0 spiro atoms. The summed E-state index contributed by atoms with van der Waals surface area (Å²) >= 11 is 0. The third-order valence-corrected chi connectivity index (χ3v) is 5.87. The van der Waals surface area contributed by atoms with E-state index in [-0.39, 0.29) is 23.9 Å². The zero-order valence-electron chi connectivity index (χ0n) is 16.5. The Hall–Kier alpha value is -1.88. The summed E-state index contributed by atoms with van der Waals surface area (Å²) in [4.78, 5) is 29.2. The number of amides is 2. The standard InChI is InChI=1S/C21H31N3O2/c1-14-10-15(2)19(16(3)11-14)12-20(25)24-9-6-18(13-24)22-21(26)17(4)23-7-5-8-23/h10-11,17-18H,5-9,12-13H2,1-4H3,(H,22,26). The number of hydrogen-bond donors (Lipinski definition) is 1. The molecule has 2 aliphatic heterocycles. The molecule has 1 aromatic rings. The first kappa shape index (κ1) is 18.9. The summed E-state index contributed by atoms with van der Waals surface area (Å²) in [5.74, 6) is 0.252. The Kier molecular flexibility index (Phi) is 5.66. The fourth-order valence-corrected chi connectivity index (χ4v) is 4.07. The van der Waals surface area contributed by atoms with Crippen molar-refractivity contribution in [2.45, 2.75) is 59.0 Å². The number of carbonyl (C=O) groups is 2. The minimum Gasteiger partial charge on any atom is -0.350 e. The lowest BCUT2D eigenvalue weighted by molar-refractivity contribution is -0.130. The molecule has 0 aliphatic carbocycles. The third kappa shape index (κ3) is 4.09. The highest BCUT2D eigenvalue weighted by Gasteiger charge is 2.31. The maximum Gasteiger partial charge on any atom is 0.237 e. The van der Waals surface area contributed by atoms with Crippen molar-refractivity contribution in [3.05, 3.63) is 34.4 Å². The first-order chi connectivity index (χ1) is 12.3. The maximum absolute atomic E-state index is 12.7. The van der Waals surface area contributed by atoms with E-state index in [4.69, 9.17) is 0 Å². The van der Waals surface area contributed by atoms with Gasteiger partial charge in [0.15, 0.2) is 0 Å². The van der Waals surface area contributed by atoms with Crippen molar-refractivity contribution < 1.29 is 9.59 Å². The molecule has 2 unspecified atom stereocenters. The van der Waals surface area contributed by atoms with E-state index in [0.29, 0.717) is 13.0 Å². The third-order valence-electron chi connectivity index (χ3n) is 5.87. The number of rotatable bonds is 5. The Morgan fingerprint density at radius 3 is 2.38 bits per heavy atom. The molecule has 5 heteroatoms. The van der Waals surface area contributed by atoms with Gasteiger partial charge < -0.3 is 10.2 Å². The molecule has 1 aromatic carbocycles. The van der Waals surface area contributed by atoms with Gasteiger partial charge in [0, 0.05) is 32.2 Å². The Morgan fingerprint density at radius 2 is 1.81 bits per heavy atom. The molecule has 2 amide bonds. The molecule has 3 rings (SSSR count). The van der Waals surface area contributed by atoms with E-state index in [1.54, 1.807) is 0 Å². The monoisotopic (exact) mass is 357 g/mol. The molecule has 142 valence electrons. The van der Waals surface area contributed by atoms with Crippen molar-refractivity contribution >= 4 is 11.8 Å². The van der Waals surface area contributed by atoms with Crippen molar-refractivity contribution in [2.24, 2.45) is 0 Å². The molecule has 26 heavy (non-hydrogen) atoms. The smallest absolute Gasteiger partial charge is 0.237 e. The molecule has 2 aliphatic rings. The zero-order chi connectivity index (χ0) is 18.8.